The molecule has 0 bridgehead atoms. The zero-order chi connectivity index (χ0) is 17.4. The second-order valence-electron chi connectivity index (χ2n) is 6.95. The van der Waals surface area contributed by atoms with Crippen molar-refractivity contribution in [1.82, 2.24) is 15.2 Å². The van der Waals surface area contributed by atoms with Crippen molar-refractivity contribution in [3.63, 3.8) is 0 Å². The Morgan fingerprint density at radius 1 is 1.24 bits per heavy atom. The highest BCUT2D eigenvalue weighted by atomic mass is 19.1. The number of para-hydroxylation sites is 1. The average Bonchev–Trinajstić information content (AvgIpc) is 3.45. The molecule has 1 saturated heterocycles. The summed E-state index contributed by atoms with van der Waals surface area (Å²) in [5.74, 6) is -0.157. The summed E-state index contributed by atoms with van der Waals surface area (Å²) in [6.07, 6.45) is 3.88. The van der Waals surface area contributed by atoms with E-state index in [1.807, 2.05) is 19.1 Å². The van der Waals surface area contributed by atoms with Crippen molar-refractivity contribution >= 4 is 22.5 Å². The molecule has 2 fully saturated rings. The molecule has 132 valence electrons. The lowest BCUT2D eigenvalue weighted by molar-refractivity contribution is -0.126. The fourth-order valence-electron chi connectivity index (χ4n) is 3.47. The van der Waals surface area contributed by atoms with Gasteiger partial charge in [-0.25, -0.2) is 4.39 Å². The number of hydrogen-bond acceptors (Lipinski definition) is 4. The molecule has 1 aliphatic carbocycles. The number of rotatable bonds is 4. The van der Waals surface area contributed by atoms with Crippen LogP contribution in [0.3, 0.4) is 0 Å². The first-order valence-electron chi connectivity index (χ1n) is 8.96. The number of amides is 1. The molecule has 1 amide bonds. The molecule has 2 aromatic rings. The van der Waals surface area contributed by atoms with Gasteiger partial charge in [-0.2, -0.15) is 0 Å². The van der Waals surface area contributed by atoms with Crippen molar-refractivity contribution in [3.8, 4) is 0 Å². The average molecular weight is 342 g/mol. The topological polar surface area (TPSA) is 48.5 Å². The summed E-state index contributed by atoms with van der Waals surface area (Å²) >= 11 is 0. The number of nitrogens with zero attached hydrogens (tertiary/aromatic N) is 3. The summed E-state index contributed by atoms with van der Waals surface area (Å²) in [6, 6.07) is 7.32. The summed E-state index contributed by atoms with van der Waals surface area (Å²) in [7, 11) is 0. The van der Waals surface area contributed by atoms with Crippen LogP contribution in [0, 0.1) is 5.82 Å². The van der Waals surface area contributed by atoms with Gasteiger partial charge in [0.05, 0.1) is 6.04 Å². The molecular formula is C19H23FN4O. The molecule has 2 aliphatic rings. The van der Waals surface area contributed by atoms with Crippen molar-refractivity contribution in [1.29, 1.82) is 0 Å². The number of hydrogen-bond donors (Lipinski definition) is 1. The number of benzene rings is 1. The first kappa shape index (κ1) is 16.3. The fraction of sp³-hybridized carbons (Fsp3) is 0.474. The van der Waals surface area contributed by atoms with Crippen LogP contribution in [-0.4, -0.2) is 54.1 Å². The van der Waals surface area contributed by atoms with Crippen LogP contribution < -0.4 is 10.2 Å². The Labute approximate surface area is 146 Å². The lowest BCUT2D eigenvalue weighted by Gasteiger charge is -2.38. The first-order chi connectivity index (χ1) is 12.1. The van der Waals surface area contributed by atoms with Crippen LogP contribution in [-0.2, 0) is 4.79 Å². The smallest absolute Gasteiger partial charge is 0.237 e. The van der Waals surface area contributed by atoms with Crippen molar-refractivity contribution < 1.29 is 9.18 Å². The van der Waals surface area contributed by atoms with Crippen LogP contribution in [0.5, 0.6) is 0 Å². The summed E-state index contributed by atoms with van der Waals surface area (Å²) in [5, 5.41) is 3.92. The highest BCUT2D eigenvalue weighted by Gasteiger charge is 2.30. The van der Waals surface area contributed by atoms with E-state index in [0.29, 0.717) is 11.6 Å². The van der Waals surface area contributed by atoms with E-state index in [1.165, 1.54) is 6.07 Å². The standard InChI is InChI=1S/C19H23FN4O/c1-13(19(25)22-14-5-6-14)23-9-11-24(12-10-23)17-7-8-21-18-15(17)3-2-4-16(18)20/h2-4,7-8,13-14H,5-6,9-12H2,1H3,(H,22,25)/t13-/m1/s1. The molecule has 1 atom stereocenters. The summed E-state index contributed by atoms with van der Waals surface area (Å²) in [5.41, 5.74) is 1.43. The van der Waals surface area contributed by atoms with Crippen LogP contribution in [0.2, 0.25) is 0 Å². The van der Waals surface area contributed by atoms with Crippen LogP contribution in [0.25, 0.3) is 10.9 Å². The van der Waals surface area contributed by atoms with Crippen molar-refractivity contribution in [2.24, 2.45) is 0 Å². The third-order valence-corrected chi connectivity index (χ3v) is 5.20. The molecule has 4 rings (SSSR count). The molecule has 1 aliphatic heterocycles. The number of halogens is 1. The van der Waals surface area contributed by atoms with Crippen molar-refractivity contribution in [2.45, 2.75) is 31.8 Å². The second kappa shape index (κ2) is 6.59. The minimum Gasteiger partial charge on any atom is -0.368 e. The molecule has 1 saturated carbocycles. The summed E-state index contributed by atoms with van der Waals surface area (Å²) in [4.78, 5) is 20.9. The van der Waals surface area contributed by atoms with Gasteiger partial charge in [0.2, 0.25) is 5.91 Å². The Bertz CT molecular complexity index is 784. The van der Waals surface area contributed by atoms with Gasteiger partial charge in [0.1, 0.15) is 11.3 Å². The highest BCUT2D eigenvalue weighted by Crippen LogP contribution is 2.28. The predicted molar refractivity (Wildman–Crippen MR) is 96.1 cm³/mol. The third kappa shape index (κ3) is 3.31. The van der Waals surface area contributed by atoms with E-state index in [4.69, 9.17) is 0 Å². The molecule has 25 heavy (non-hydrogen) atoms. The van der Waals surface area contributed by atoms with E-state index in [0.717, 1.165) is 50.1 Å². The fourth-order valence-corrected chi connectivity index (χ4v) is 3.47. The normalized spacial score (nSPS) is 19.8. The van der Waals surface area contributed by atoms with Crippen LogP contribution >= 0.6 is 0 Å². The van der Waals surface area contributed by atoms with Gasteiger partial charge in [-0.05, 0) is 31.9 Å². The van der Waals surface area contributed by atoms with E-state index in [1.54, 1.807) is 12.3 Å². The predicted octanol–water partition coefficient (Wildman–Crippen LogP) is 2.16. The lowest BCUT2D eigenvalue weighted by atomic mass is 10.1. The van der Waals surface area contributed by atoms with Crippen molar-refractivity contribution in [3.05, 3.63) is 36.3 Å². The molecule has 6 heteroatoms. The maximum absolute atomic E-state index is 14.0. The van der Waals surface area contributed by atoms with Crippen LogP contribution in [0.1, 0.15) is 19.8 Å². The number of fused-ring (bicyclic) bond motifs is 1. The number of nitrogens with one attached hydrogen (secondary N) is 1. The van der Waals surface area contributed by atoms with E-state index >= 15 is 0 Å². The monoisotopic (exact) mass is 342 g/mol. The summed E-state index contributed by atoms with van der Waals surface area (Å²) in [6.45, 7) is 5.24. The Morgan fingerprint density at radius 3 is 2.72 bits per heavy atom. The molecule has 0 unspecified atom stereocenters. The van der Waals surface area contributed by atoms with E-state index in [9.17, 15) is 9.18 Å². The van der Waals surface area contributed by atoms with Crippen LogP contribution in [0.4, 0.5) is 10.1 Å². The number of aromatic nitrogens is 1. The zero-order valence-corrected chi connectivity index (χ0v) is 14.4. The van der Waals surface area contributed by atoms with Gasteiger partial charge in [0, 0.05) is 49.5 Å². The second-order valence-corrected chi connectivity index (χ2v) is 6.95. The zero-order valence-electron chi connectivity index (χ0n) is 14.4. The number of pyridine rings is 1. The van der Waals surface area contributed by atoms with E-state index in [2.05, 4.69) is 20.1 Å². The Hall–Kier alpha value is -2.21. The van der Waals surface area contributed by atoms with Gasteiger partial charge in [-0.3, -0.25) is 14.7 Å². The maximum Gasteiger partial charge on any atom is 0.237 e. The summed E-state index contributed by atoms with van der Waals surface area (Å²) < 4.78 is 14.0. The highest BCUT2D eigenvalue weighted by molar-refractivity contribution is 5.92. The van der Waals surface area contributed by atoms with E-state index in [-0.39, 0.29) is 17.8 Å². The molecule has 2 heterocycles. The van der Waals surface area contributed by atoms with Gasteiger partial charge in [-0.15, -0.1) is 0 Å². The first-order valence-corrected chi connectivity index (χ1v) is 8.96. The Kier molecular flexibility index (Phi) is 4.29. The number of anilines is 1. The number of carbonyl (C=O) groups excluding carboxylic acids is 1. The molecular weight excluding hydrogens is 319 g/mol. The molecule has 1 aromatic heterocycles. The Morgan fingerprint density at radius 2 is 2.00 bits per heavy atom. The lowest BCUT2D eigenvalue weighted by Crippen LogP contribution is -2.54. The molecule has 5 nitrogen and oxygen atoms in total. The van der Waals surface area contributed by atoms with Crippen molar-refractivity contribution in [2.75, 3.05) is 31.1 Å². The van der Waals surface area contributed by atoms with Gasteiger partial charge in [0.25, 0.3) is 0 Å². The van der Waals surface area contributed by atoms with Gasteiger partial charge in [-0.1, -0.05) is 12.1 Å². The minimum absolute atomic E-state index is 0.102. The van der Waals surface area contributed by atoms with E-state index < -0.39 is 0 Å². The minimum atomic E-state index is -0.289. The maximum atomic E-state index is 14.0. The van der Waals surface area contributed by atoms with Gasteiger partial charge < -0.3 is 10.2 Å². The Balaban J connectivity index is 1.45. The molecule has 0 radical (unpaired) electrons. The molecule has 0 spiro atoms. The number of piperazine rings is 1. The van der Waals surface area contributed by atoms with Crippen LogP contribution in [0.15, 0.2) is 30.5 Å². The van der Waals surface area contributed by atoms with Gasteiger partial charge >= 0.3 is 0 Å². The quantitative estimate of drug-likeness (QED) is 0.925. The largest absolute Gasteiger partial charge is 0.368 e. The molecule has 1 aromatic carbocycles. The SMILES string of the molecule is C[C@H](C(=O)NC1CC1)N1CCN(c2ccnc3c(F)cccc23)CC1. The van der Waals surface area contributed by atoms with Gasteiger partial charge in [0.15, 0.2) is 0 Å². The third-order valence-electron chi connectivity index (χ3n) is 5.20. The molecule has 1 N–H and O–H groups in total. The number of carbonyl (C=O) groups is 1.